The summed E-state index contributed by atoms with van der Waals surface area (Å²) in [6.07, 6.45) is 5.00. The molecule has 0 spiro atoms. The third-order valence-electron chi connectivity index (χ3n) is 5.39. The number of imide groups is 1. The molecule has 1 aliphatic heterocycles. The van der Waals surface area contributed by atoms with Crippen molar-refractivity contribution in [3.05, 3.63) is 36.4 Å². The van der Waals surface area contributed by atoms with E-state index in [-0.39, 0.29) is 48.5 Å². The molecule has 2 aliphatic carbocycles. The second-order valence-corrected chi connectivity index (χ2v) is 6.73. The van der Waals surface area contributed by atoms with Crippen molar-refractivity contribution < 1.29 is 23.9 Å². The molecule has 6 nitrogen and oxygen atoms in total. The van der Waals surface area contributed by atoms with E-state index in [4.69, 9.17) is 9.47 Å². The van der Waals surface area contributed by atoms with Crippen molar-refractivity contribution >= 4 is 17.8 Å². The van der Waals surface area contributed by atoms with Crippen LogP contribution in [0.4, 0.5) is 0 Å². The van der Waals surface area contributed by atoms with Gasteiger partial charge in [0.2, 0.25) is 11.8 Å². The van der Waals surface area contributed by atoms with Gasteiger partial charge in [-0.05, 0) is 42.5 Å². The topological polar surface area (TPSA) is 72.9 Å². The van der Waals surface area contributed by atoms with E-state index >= 15 is 0 Å². The molecule has 1 heterocycles. The van der Waals surface area contributed by atoms with Gasteiger partial charge in [0.25, 0.3) is 0 Å². The smallest absolute Gasteiger partial charge is 0.312 e. The average molecular weight is 341 g/mol. The molecule has 130 valence electrons. The summed E-state index contributed by atoms with van der Waals surface area (Å²) >= 11 is 0. The number of esters is 1. The van der Waals surface area contributed by atoms with Gasteiger partial charge in [0.15, 0.2) is 0 Å². The van der Waals surface area contributed by atoms with Crippen molar-refractivity contribution in [2.75, 3.05) is 13.7 Å². The van der Waals surface area contributed by atoms with E-state index in [1.54, 1.807) is 31.4 Å². The van der Waals surface area contributed by atoms with Gasteiger partial charge in [-0.15, -0.1) is 0 Å². The van der Waals surface area contributed by atoms with Crippen LogP contribution in [-0.2, 0) is 14.4 Å². The van der Waals surface area contributed by atoms with E-state index in [1.165, 1.54) is 4.90 Å². The molecule has 1 aromatic rings. The summed E-state index contributed by atoms with van der Waals surface area (Å²) in [5, 5.41) is 0. The minimum Gasteiger partial charge on any atom is -0.497 e. The van der Waals surface area contributed by atoms with E-state index in [1.807, 2.05) is 0 Å². The third kappa shape index (κ3) is 2.62. The molecule has 0 radical (unpaired) electrons. The van der Waals surface area contributed by atoms with Crippen molar-refractivity contribution in [2.24, 2.45) is 23.7 Å². The number of rotatable bonds is 5. The van der Waals surface area contributed by atoms with E-state index in [0.29, 0.717) is 11.5 Å². The normalized spacial score (nSPS) is 29.2. The van der Waals surface area contributed by atoms with E-state index < -0.39 is 5.97 Å². The highest BCUT2D eigenvalue weighted by Gasteiger charge is 2.59. The zero-order valence-corrected chi connectivity index (χ0v) is 13.9. The van der Waals surface area contributed by atoms with Gasteiger partial charge in [-0.2, -0.15) is 0 Å². The highest BCUT2D eigenvalue weighted by atomic mass is 16.5. The number of amides is 2. The summed E-state index contributed by atoms with van der Waals surface area (Å²) in [4.78, 5) is 38.3. The molecule has 0 aromatic heterocycles. The molecule has 1 aromatic carbocycles. The molecule has 4 rings (SSSR count). The van der Waals surface area contributed by atoms with Crippen LogP contribution in [0.1, 0.15) is 12.8 Å². The fourth-order valence-electron chi connectivity index (χ4n) is 4.21. The first-order chi connectivity index (χ1) is 12.1. The monoisotopic (exact) mass is 341 g/mol. The van der Waals surface area contributed by atoms with Gasteiger partial charge in [0.1, 0.15) is 11.5 Å². The maximum Gasteiger partial charge on any atom is 0.312 e. The Bertz CT molecular complexity index is 724. The van der Waals surface area contributed by atoms with Crippen LogP contribution in [0.5, 0.6) is 11.5 Å². The lowest BCUT2D eigenvalue weighted by molar-refractivity contribution is -0.142. The molecule has 4 atom stereocenters. The number of ether oxygens (including phenoxy) is 2. The number of hydrogen-bond donors (Lipinski definition) is 0. The lowest BCUT2D eigenvalue weighted by Gasteiger charge is -2.16. The average Bonchev–Trinajstić information content (AvgIpc) is 3.29. The lowest BCUT2D eigenvalue weighted by Crippen LogP contribution is -2.35. The Labute approximate surface area is 145 Å². The molecule has 2 bridgehead atoms. The number of fused-ring (bicyclic) bond motifs is 5. The highest BCUT2D eigenvalue weighted by Crippen LogP contribution is 2.52. The van der Waals surface area contributed by atoms with Crippen LogP contribution < -0.4 is 9.47 Å². The van der Waals surface area contributed by atoms with Crippen molar-refractivity contribution in [1.82, 2.24) is 4.90 Å². The van der Waals surface area contributed by atoms with Gasteiger partial charge < -0.3 is 9.47 Å². The molecule has 6 heteroatoms. The fraction of sp³-hybridized carbons (Fsp3) is 0.421. The minimum atomic E-state index is -0.469. The van der Waals surface area contributed by atoms with Gasteiger partial charge in [-0.1, -0.05) is 12.2 Å². The number of likely N-dealkylation sites (tertiary alicyclic amines) is 1. The fourth-order valence-corrected chi connectivity index (χ4v) is 4.21. The Morgan fingerprint density at radius 3 is 2.16 bits per heavy atom. The summed E-state index contributed by atoms with van der Waals surface area (Å²) in [6.45, 7) is 0.0824. The van der Waals surface area contributed by atoms with Crippen molar-refractivity contribution in [3.63, 3.8) is 0 Å². The summed E-state index contributed by atoms with van der Waals surface area (Å²) in [5.74, 6) is 0.259. The molecule has 1 saturated carbocycles. The quantitative estimate of drug-likeness (QED) is 0.353. The SMILES string of the molecule is COc1ccc(OC(=O)CCN2C(=O)[C@@H]3[C@H](C2=O)[C@H]2C=C[C@@H]3C2)cc1. The molecule has 1 saturated heterocycles. The Hall–Kier alpha value is -2.63. The molecular weight excluding hydrogens is 322 g/mol. The van der Waals surface area contributed by atoms with Crippen LogP contribution in [-0.4, -0.2) is 36.3 Å². The van der Waals surface area contributed by atoms with Crippen LogP contribution in [0, 0.1) is 23.7 Å². The molecular formula is C19H19NO5. The minimum absolute atomic E-state index is 0.00822. The van der Waals surface area contributed by atoms with E-state index in [9.17, 15) is 14.4 Å². The number of hydrogen-bond acceptors (Lipinski definition) is 5. The second-order valence-electron chi connectivity index (χ2n) is 6.73. The number of allylic oxidation sites excluding steroid dienone is 2. The van der Waals surface area contributed by atoms with Gasteiger partial charge in [0.05, 0.1) is 25.4 Å². The Morgan fingerprint density at radius 1 is 1.04 bits per heavy atom. The summed E-state index contributed by atoms with van der Waals surface area (Å²) in [7, 11) is 1.56. The maximum atomic E-state index is 12.5. The number of methoxy groups -OCH3 is 1. The number of benzene rings is 1. The van der Waals surface area contributed by atoms with Crippen molar-refractivity contribution in [3.8, 4) is 11.5 Å². The van der Waals surface area contributed by atoms with Crippen molar-refractivity contribution in [1.29, 1.82) is 0 Å². The first-order valence-electron chi connectivity index (χ1n) is 8.47. The van der Waals surface area contributed by atoms with E-state index in [0.717, 1.165) is 6.42 Å². The van der Waals surface area contributed by atoms with Crippen LogP contribution in [0.25, 0.3) is 0 Å². The standard InChI is InChI=1S/C19H19NO5/c1-24-13-4-6-14(7-5-13)25-15(21)8-9-20-18(22)16-11-2-3-12(10-11)17(16)19(20)23/h2-7,11-12,16-17H,8-10H2,1H3/t11-,12+,16+,17-. The van der Waals surface area contributed by atoms with Crippen molar-refractivity contribution in [2.45, 2.75) is 12.8 Å². The molecule has 25 heavy (non-hydrogen) atoms. The largest absolute Gasteiger partial charge is 0.497 e. The predicted octanol–water partition coefficient (Wildman–Crippen LogP) is 1.80. The third-order valence-corrected chi connectivity index (χ3v) is 5.39. The molecule has 3 aliphatic rings. The maximum absolute atomic E-state index is 12.5. The summed E-state index contributed by atoms with van der Waals surface area (Å²) < 4.78 is 10.3. The zero-order valence-electron chi connectivity index (χ0n) is 13.9. The van der Waals surface area contributed by atoms with Gasteiger partial charge >= 0.3 is 5.97 Å². The number of carbonyl (C=O) groups is 3. The highest BCUT2D eigenvalue weighted by molar-refractivity contribution is 6.06. The predicted molar refractivity (Wildman–Crippen MR) is 87.7 cm³/mol. The second kappa shape index (κ2) is 6.02. The van der Waals surface area contributed by atoms with Gasteiger partial charge in [-0.3, -0.25) is 19.3 Å². The van der Waals surface area contributed by atoms with Crippen LogP contribution in [0.2, 0.25) is 0 Å². The Kier molecular flexibility index (Phi) is 3.82. The van der Waals surface area contributed by atoms with Crippen LogP contribution >= 0.6 is 0 Å². The Morgan fingerprint density at radius 2 is 1.60 bits per heavy atom. The number of nitrogens with zero attached hydrogens (tertiary/aromatic N) is 1. The first-order valence-corrected chi connectivity index (χ1v) is 8.47. The van der Waals surface area contributed by atoms with Crippen LogP contribution in [0.15, 0.2) is 36.4 Å². The lowest BCUT2D eigenvalue weighted by atomic mass is 9.85. The van der Waals surface area contributed by atoms with E-state index in [2.05, 4.69) is 12.2 Å². The summed E-state index contributed by atoms with van der Waals surface area (Å²) in [5.41, 5.74) is 0. The summed E-state index contributed by atoms with van der Waals surface area (Å²) in [6, 6.07) is 6.66. The first kappa shape index (κ1) is 15.9. The Balaban J connectivity index is 1.34. The van der Waals surface area contributed by atoms with Gasteiger partial charge in [-0.25, -0.2) is 0 Å². The molecule has 0 unspecified atom stereocenters. The molecule has 2 fully saturated rings. The molecule has 2 amide bonds. The number of carbonyl (C=O) groups excluding carboxylic acids is 3. The van der Waals surface area contributed by atoms with Gasteiger partial charge in [0, 0.05) is 6.54 Å². The van der Waals surface area contributed by atoms with Crippen LogP contribution in [0.3, 0.4) is 0 Å². The zero-order chi connectivity index (χ0) is 17.6. The molecule has 0 N–H and O–H groups in total.